The Morgan fingerprint density at radius 3 is 2.54 bits per heavy atom. The fraction of sp³-hybridized carbons (Fsp3) is 0.500. The quantitative estimate of drug-likeness (QED) is 0.596. The van der Waals surface area contributed by atoms with Gasteiger partial charge < -0.3 is 19.7 Å². The van der Waals surface area contributed by atoms with Crippen molar-refractivity contribution in [2.75, 3.05) is 51.8 Å². The van der Waals surface area contributed by atoms with Gasteiger partial charge in [0.15, 0.2) is 0 Å². The molecule has 0 aliphatic carbocycles. The molecule has 1 fully saturated rings. The number of hydrogen-bond donors (Lipinski definition) is 1. The van der Waals surface area contributed by atoms with Crippen LogP contribution in [0.3, 0.4) is 0 Å². The molecule has 26 heavy (non-hydrogen) atoms. The normalized spacial score (nSPS) is 14.6. The van der Waals surface area contributed by atoms with Crippen LogP contribution in [0.4, 0.5) is 16.2 Å². The largest absolute Gasteiger partial charge is 0.495 e. The molecular formula is C16H22N4O6. The number of benzene rings is 1. The van der Waals surface area contributed by atoms with Crippen molar-refractivity contribution >= 4 is 23.4 Å². The van der Waals surface area contributed by atoms with Crippen molar-refractivity contribution in [3.05, 3.63) is 28.3 Å². The first-order chi connectivity index (χ1) is 12.4. The van der Waals surface area contributed by atoms with Crippen molar-refractivity contribution in [2.24, 2.45) is 0 Å². The molecule has 2 amide bonds. The second-order valence-electron chi connectivity index (χ2n) is 5.65. The molecule has 10 heteroatoms. The molecule has 1 heterocycles. The average molecular weight is 366 g/mol. The van der Waals surface area contributed by atoms with Crippen molar-refractivity contribution in [3.8, 4) is 5.75 Å². The molecule has 10 nitrogen and oxygen atoms in total. The molecule has 0 atom stereocenters. The number of amides is 2. The maximum Gasteiger partial charge on any atom is 0.409 e. The van der Waals surface area contributed by atoms with Crippen LogP contribution in [0.15, 0.2) is 18.2 Å². The monoisotopic (exact) mass is 366 g/mol. The van der Waals surface area contributed by atoms with Crippen molar-refractivity contribution < 1.29 is 24.0 Å². The van der Waals surface area contributed by atoms with E-state index in [4.69, 9.17) is 9.47 Å². The Morgan fingerprint density at radius 1 is 1.27 bits per heavy atom. The maximum atomic E-state index is 12.3. The van der Waals surface area contributed by atoms with Crippen LogP contribution in [0.2, 0.25) is 0 Å². The third-order valence-corrected chi connectivity index (χ3v) is 3.93. The number of nitrogens with one attached hydrogen (secondary N) is 1. The highest BCUT2D eigenvalue weighted by Gasteiger charge is 2.23. The fourth-order valence-electron chi connectivity index (χ4n) is 2.60. The summed E-state index contributed by atoms with van der Waals surface area (Å²) in [5.41, 5.74) is 0.112. The standard InChI is InChI=1S/C16H22N4O6/c1-3-26-16(22)19-8-6-18(7-9-19)11-15(21)17-13-10-12(20(23)24)4-5-14(13)25-2/h4-5,10H,3,6-9,11H2,1-2H3,(H,17,21). The van der Waals surface area contributed by atoms with Crippen LogP contribution in [0.5, 0.6) is 5.75 Å². The first-order valence-electron chi connectivity index (χ1n) is 8.21. The van der Waals surface area contributed by atoms with Gasteiger partial charge in [-0.3, -0.25) is 19.8 Å². The van der Waals surface area contributed by atoms with Gasteiger partial charge in [-0.2, -0.15) is 0 Å². The Labute approximate surface area is 150 Å². The summed E-state index contributed by atoms with van der Waals surface area (Å²) in [6.45, 7) is 4.23. The van der Waals surface area contributed by atoms with Crippen LogP contribution < -0.4 is 10.1 Å². The van der Waals surface area contributed by atoms with Crippen LogP contribution in [0.25, 0.3) is 0 Å². The number of piperazine rings is 1. The number of nitrogens with zero attached hydrogens (tertiary/aromatic N) is 3. The zero-order valence-corrected chi connectivity index (χ0v) is 14.8. The van der Waals surface area contributed by atoms with Crippen LogP contribution in [-0.2, 0) is 9.53 Å². The lowest BCUT2D eigenvalue weighted by molar-refractivity contribution is -0.384. The van der Waals surface area contributed by atoms with Crippen molar-refractivity contribution in [1.29, 1.82) is 0 Å². The summed E-state index contributed by atoms with van der Waals surface area (Å²) >= 11 is 0. The molecule has 1 aliphatic heterocycles. The second-order valence-corrected chi connectivity index (χ2v) is 5.65. The Balaban J connectivity index is 1.91. The minimum absolute atomic E-state index is 0.114. The van der Waals surface area contributed by atoms with E-state index in [2.05, 4.69) is 5.32 Å². The first-order valence-corrected chi connectivity index (χ1v) is 8.21. The highest BCUT2D eigenvalue weighted by atomic mass is 16.6. The Morgan fingerprint density at radius 2 is 1.96 bits per heavy atom. The number of nitro benzene ring substituents is 1. The van der Waals surface area contributed by atoms with E-state index in [9.17, 15) is 19.7 Å². The SMILES string of the molecule is CCOC(=O)N1CCN(CC(=O)Nc2cc([N+](=O)[O-])ccc2OC)CC1. The van der Waals surface area contributed by atoms with E-state index in [0.29, 0.717) is 38.5 Å². The molecule has 0 radical (unpaired) electrons. The predicted molar refractivity (Wildman–Crippen MR) is 93.3 cm³/mol. The van der Waals surface area contributed by atoms with E-state index in [1.807, 2.05) is 4.90 Å². The lowest BCUT2D eigenvalue weighted by Crippen LogP contribution is -2.50. The molecule has 142 valence electrons. The van der Waals surface area contributed by atoms with Gasteiger partial charge in [0.1, 0.15) is 5.75 Å². The van der Waals surface area contributed by atoms with Gasteiger partial charge in [-0.25, -0.2) is 4.79 Å². The Hall–Kier alpha value is -2.88. The molecule has 1 aromatic carbocycles. The molecule has 0 aromatic heterocycles. The molecule has 1 aliphatic rings. The van der Waals surface area contributed by atoms with Crippen LogP contribution in [-0.4, -0.2) is 73.2 Å². The Bertz CT molecular complexity index is 673. The zero-order chi connectivity index (χ0) is 19.1. The minimum Gasteiger partial charge on any atom is -0.495 e. The van der Waals surface area contributed by atoms with E-state index in [1.54, 1.807) is 11.8 Å². The van der Waals surface area contributed by atoms with Gasteiger partial charge in [0.25, 0.3) is 5.69 Å². The lowest BCUT2D eigenvalue weighted by atomic mass is 10.2. The maximum absolute atomic E-state index is 12.3. The minimum atomic E-state index is -0.538. The van der Waals surface area contributed by atoms with Gasteiger partial charge in [0, 0.05) is 38.3 Å². The van der Waals surface area contributed by atoms with E-state index in [0.717, 1.165) is 0 Å². The van der Waals surface area contributed by atoms with E-state index in [-0.39, 0.29) is 29.9 Å². The number of ether oxygens (including phenoxy) is 2. The van der Waals surface area contributed by atoms with Gasteiger partial charge in [0.2, 0.25) is 5.91 Å². The third kappa shape index (κ3) is 5.06. The first kappa shape index (κ1) is 19.4. The van der Waals surface area contributed by atoms with Gasteiger partial charge in [-0.1, -0.05) is 0 Å². The molecule has 1 saturated heterocycles. The van der Waals surface area contributed by atoms with Crippen LogP contribution >= 0.6 is 0 Å². The number of nitro groups is 1. The number of carbonyl (C=O) groups excluding carboxylic acids is 2. The predicted octanol–water partition coefficient (Wildman–Crippen LogP) is 1.32. The number of hydrogen-bond acceptors (Lipinski definition) is 7. The van der Waals surface area contributed by atoms with Gasteiger partial charge in [-0.05, 0) is 13.0 Å². The van der Waals surface area contributed by atoms with Crippen LogP contribution in [0, 0.1) is 10.1 Å². The summed E-state index contributed by atoms with van der Waals surface area (Å²) in [5.74, 6) is 0.0319. The Kier molecular flexibility index (Phi) is 6.73. The highest BCUT2D eigenvalue weighted by molar-refractivity contribution is 5.94. The van der Waals surface area contributed by atoms with Gasteiger partial charge in [0.05, 0.1) is 30.9 Å². The van der Waals surface area contributed by atoms with E-state index in [1.165, 1.54) is 25.3 Å². The number of anilines is 1. The van der Waals surface area contributed by atoms with Crippen LogP contribution in [0.1, 0.15) is 6.92 Å². The highest BCUT2D eigenvalue weighted by Crippen LogP contribution is 2.28. The topological polar surface area (TPSA) is 114 Å². The molecule has 1 N–H and O–H groups in total. The number of carbonyl (C=O) groups is 2. The number of non-ortho nitro benzene ring substituents is 1. The van der Waals surface area contributed by atoms with Crippen molar-refractivity contribution in [3.63, 3.8) is 0 Å². The summed E-state index contributed by atoms with van der Waals surface area (Å²) < 4.78 is 10.1. The molecule has 2 rings (SSSR count). The lowest BCUT2D eigenvalue weighted by Gasteiger charge is -2.33. The second kappa shape index (κ2) is 8.99. The number of methoxy groups -OCH3 is 1. The van der Waals surface area contributed by atoms with Gasteiger partial charge in [-0.15, -0.1) is 0 Å². The van der Waals surface area contributed by atoms with Gasteiger partial charge >= 0.3 is 6.09 Å². The molecule has 0 unspecified atom stereocenters. The summed E-state index contributed by atoms with van der Waals surface area (Å²) in [6, 6.07) is 4.00. The zero-order valence-electron chi connectivity index (χ0n) is 14.8. The molecule has 0 saturated carbocycles. The summed E-state index contributed by atoms with van der Waals surface area (Å²) in [6.07, 6.45) is -0.349. The van der Waals surface area contributed by atoms with E-state index >= 15 is 0 Å². The van der Waals surface area contributed by atoms with E-state index < -0.39 is 4.92 Å². The molecule has 1 aromatic rings. The average Bonchev–Trinajstić information content (AvgIpc) is 2.62. The molecule has 0 bridgehead atoms. The van der Waals surface area contributed by atoms with Crippen molar-refractivity contribution in [1.82, 2.24) is 9.80 Å². The fourth-order valence-corrected chi connectivity index (χ4v) is 2.60. The molecule has 0 spiro atoms. The third-order valence-electron chi connectivity index (χ3n) is 3.93. The smallest absolute Gasteiger partial charge is 0.409 e. The number of rotatable bonds is 6. The summed E-state index contributed by atoms with van der Waals surface area (Å²) in [5, 5.41) is 13.5. The molecular weight excluding hydrogens is 344 g/mol. The summed E-state index contributed by atoms with van der Waals surface area (Å²) in [4.78, 5) is 37.8. The summed E-state index contributed by atoms with van der Waals surface area (Å²) in [7, 11) is 1.42. The van der Waals surface area contributed by atoms with Crippen molar-refractivity contribution in [2.45, 2.75) is 6.92 Å².